The second kappa shape index (κ2) is 13.9. The summed E-state index contributed by atoms with van der Waals surface area (Å²) in [5.74, 6) is 1.40. The van der Waals surface area contributed by atoms with Crippen LogP contribution in [0, 0.1) is 6.92 Å². The van der Waals surface area contributed by atoms with Gasteiger partial charge in [0.25, 0.3) is 0 Å². The number of anilines is 3. The zero-order valence-electron chi connectivity index (χ0n) is 19.0. The number of pyridine rings is 1. The molecule has 3 aromatic rings. The monoisotopic (exact) mass is 452 g/mol. The van der Waals surface area contributed by atoms with Crippen LogP contribution in [0.15, 0.2) is 48.7 Å². The van der Waals surface area contributed by atoms with E-state index in [2.05, 4.69) is 67.1 Å². The fraction of sp³-hybridized carbons (Fsp3) is 0.391. The highest BCUT2D eigenvalue weighted by Gasteiger charge is 2.07. The van der Waals surface area contributed by atoms with Crippen molar-refractivity contribution in [2.45, 2.75) is 20.0 Å². The lowest BCUT2D eigenvalue weighted by molar-refractivity contribution is 0.0547. The molecular weight excluding hydrogens is 420 g/mol. The fourth-order valence-corrected chi connectivity index (χ4v) is 2.81. The Hall–Kier alpha value is -3.34. The molecule has 0 spiro atoms. The van der Waals surface area contributed by atoms with Gasteiger partial charge < -0.3 is 31.2 Å². The molecule has 0 amide bonds. The Morgan fingerprint density at radius 1 is 0.758 bits per heavy atom. The van der Waals surface area contributed by atoms with Gasteiger partial charge in [-0.15, -0.1) is 0 Å². The van der Waals surface area contributed by atoms with Gasteiger partial charge in [0.2, 0.25) is 17.8 Å². The van der Waals surface area contributed by atoms with Gasteiger partial charge in [-0.05, 0) is 24.6 Å². The van der Waals surface area contributed by atoms with Gasteiger partial charge in [-0.3, -0.25) is 4.98 Å². The zero-order chi connectivity index (χ0) is 23.1. The van der Waals surface area contributed by atoms with Crippen LogP contribution in [0.4, 0.5) is 17.8 Å². The maximum absolute atomic E-state index is 5.54. The smallest absolute Gasteiger partial charge is 0.229 e. The highest BCUT2D eigenvalue weighted by Crippen LogP contribution is 2.12. The summed E-state index contributed by atoms with van der Waals surface area (Å²) >= 11 is 0. The summed E-state index contributed by atoms with van der Waals surface area (Å²) < 4.78 is 10.8. The van der Waals surface area contributed by atoms with Crippen molar-refractivity contribution in [2.24, 2.45) is 5.73 Å². The predicted octanol–water partition coefficient (Wildman–Crippen LogP) is 2.20. The fourth-order valence-electron chi connectivity index (χ4n) is 2.81. The van der Waals surface area contributed by atoms with E-state index >= 15 is 0 Å². The molecule has 10 heteroatoms. The third kappa shape index (κ3) is 9.36. The van der Waals surface area contributed by atoms with Crippen LogP contribution < -0.4 is 21.7 Å². The molecule has 0 aliphatic heterocycles. The first-order valence-corrected chi connectivity index (χ1v) is 11.0. The molecule has 2 aromatic heterocycles. The molecule has 0 fully saturated rings. The first kappa shape index (κ1) is 24.3. The first-order valence-electron chi connectivity index (χ1n) is 11.0. The topological polar surface area (TPSA) is 132 Å². The lowest BCUT2D eigenvalue weighted by Crippen LogP contribution is -2.17. The van der Waals surface area contributed by atoms with E-state index in [1.54, 1.807) is 6.20 Å². The Bertz CT molecular complexity index is 941. The molecule has 2 heterocycles. The molecule has 0 unspecified atom stereocenters. The van der Waals surface area contributed by atoms with E-state index in [0.717, 1.165) is 11.3 Å². The summed E-state index contributed by atoms with van der Waals surface area (Å²) in [6.07, 6.45) is 1.76. The maximum Gasteiger partial charge on any atom is 0.229 e. The minimum Gasteiger partial charge on any atom is -0.378 e. The van der Waals surface area contributed by atoms with E-state index in [0.29, 0.717) is 70.5 Å². The average molecular weight is 453 g/mol. The van der Waals surface area contributed by atoms with Crippen molar-refractivity contribution in [1.29, 1.82) is 0 Å². The molecule has 0 bridgehead atoms. The van der Waals surface area contributed by atoms with Crippen molar-refractivity contribution >= 4 is 17.8 Å². The van der Waals surface area contributed by atoms with Gasteiger partial charge in [0.15, 0.2) is 0 Å². The van der Waals surface area contributed by atoms with Crippen LogP contribution in [-0.4, -0.2) is 59.5 Å². The van der Waals surface area contributed by atoms with E-state index in [1.807, 2.05) is 18.2 Å². The van der Waals surface area contributed by atoms with Crippen molar-refractivity contribution in [2.75, 3.05) is 55.5 Å². The molecular formula is C23H32N8O2. The largest absolute Gasteiger partial charge is 0.378 e. The Morgan fingerprint density at radius 3 is 2.09 bits per heavy atom. The van der Waals surface area contributed by atoms with Crippen LogP contribution in [0.1, 0.15) is 16.8 Å². The molecule has 1 aromatic carbocycles. The Labute approximate surface area is 194 Å². The van der Waals surface area contributed by atoms with Crippen LogP contribution in [0.5, 0.6) is 0 Å². The van der Waals surface area contributed by atoms with Crippen LogP contribution in [0.25, 0.3) is 0 Å². The summed E-state index contributed by atoms with van der Waals surface area (Å²) in [4.78, 5) is 17.8. The van der Waals surface area contributed by atoms with Crippen LogP contribution in [0.3, 0.4) is 0 Å². The molecule has 3 rings (SSSR count). The molecule has 176 valence electrons. The second-order valence-corrected chi connectivity index (χ2v) is 7.26. The zero-order valence-corrected chi connectivity index (χ0v) is 19.0. The summed E-state index contributed by atoms with van der Waals surface area (Å²) in [5.41, 5.74) is 8.65. The SMILES string of the molecule is Cc1ccc(CNc2nc(NCCOCCOCCN)nc(NCc3ccccn3)n2)cc1. The number of ether oxygens (including phenoxy) is 2. The normalized spacial score (nSPS) is 10.7. The van der Waals surface area contributed by atoms with E-state index in [4.69, 9.17) is 15.2 Å². The molecule has 5 N–H and O–H groups in total. The molecule has 0 saturated carbocycles. The quantitative estimate of drug-likeness (QED) is 0.254. The number of hydrogen-bond donors (Lipinski definition) is 4. The lowest BCUT2D eigenvalue weighted by atomic mass is 10.1. The molecule has 10 nitrogen and oxygen atoms in total. The number of aryl methyl sites for hydroxylation is 1. The molecule has 33 heavy (non-hydrogen) atoms. The highest BCUT2D eigenvalue weighted by molar-refractivity contribution is 5.42. The van der Waals surface area contributed by atoms with Crippen molar-refractivity contribution in [3.63, 3.8) is 0 Å². The van der Waals surface area contributed by atoms with Crippen LogP contribution in [-0.2, 0) is 22.6 Å². The third-order valence-electron chi connectivity index (χ3n) is 4.52. The van der Waals surface area contributed by atoms with Gasteiger partial charge in [0.05, 0.1) is 38.7 Å². The average Bonchev–Trinajstić information content (AvgIpc) is 2.85. The molecule has 0 radical (unpaired) electrons. The van der Waals surface area contributed by atoms with E-state index < -0.39 is 0 Å². The van der Waals surface area contributed by atoms with Gasteiger partial charge in [-0.2, -0.15) is 15.0 Å². The Kier molecular flexibility index (Phi) is 10.3. The molecule has 0 atom stereocenters. The van der Waals surface area contributed by atoms with Gasteiger partial charge in [-0.1, -0.05) is 35.9 Å². The first-order chi connectivity index (χ1) is 16.2. The molecule has 0 aliphatic rings. The summed E-state index contributed by atoms with van der Waals surface area (Å²) in [6.45, 7) is 6.33. The number of nitrogens with zero attached hydrogens (tertiary/aromatic N) is 4. The number of benzene rings is 1. The summed E-state index contributed by atoms with van der Waals surface area (Å²) in [6, 6.07) is 14.1. The lowest BCUT2D eigenvalue weighted by Gasteiger charge is -2.12. The number of nitrogens with one attached hydrogen (secondary N) is 3. The maximum atomic E-state index is 5.54. The van der Waals surface area contributed by atoms with Gasteiger partial charge >= 0.3 is 0 Å². The Morgan fingerprint density at radius 2 is 1.42 bits per heavy atom. The van der Waals surface area contributed by atoms with Crippen LogP contribution in [0.2, 0.25) is 0 Å². The van der Waals surface area contributed by atoms with E-state index in [9.17, 15) is 0 Å². The molecule has 0 aliphatic carbocycles. The van der Waals surface area contributed by atoms with Crippen molar-refractivity contribution in [3.8, 4) is 0 Å². The summed E-state index contributed by atoms with van der Waals surface area (Å²) in [5, 5.41) is 9.68. The van der Waals surface area contributed by atoms with E-state index in [-0.39, 0.29) is 0 Å². The number of nitrogens with two attached hydrogens (primary N) is 1. The minimum absolute atomic E-state index is 0.459. The second-order valence-electron chi connectivity index (χ2n) is 7.26. The predicted molar refractivity (Wildman–Crippen MR) is 129 cm³/mol. The van der Waals surface area contributed by atoms with Crippen molar-refractivity contribution in [3.05, 3.63) is 65.5 Å². The van der Waals surface area contributed by atoms with E-state index in [1.165, 1.54) is 5.56 Å². The summed E-state index contributed by atoms with van der Waals surface area (Å²) in [7, 11) is 0. The third-order valence-corrected chi connectivity index (χ3v) is 4.52. The Balaban J connectivity index is 1.56. The number of hydrogen-bond acceptors (Lipinski definition) is 10. The van der Waals surface area contributed by atoms with Crippen LogP contribution >= 0.6 is 0 Å². The van der Waals surface area contributed by atoms with Gasteiger partial charge in [0, 0.05) is 25.8 Å². The number of rotatable bonds is 15. The highest BCUT2D eigenvalue weighted by atomic mass is 16.5. The number of aromatic nitrogens is 4. The molecule has 0 saturated heterocycles. The standard InChI is InChI=1S/C23H32N8O2/c1-18-5-7-19(8-6-18)16-27-22-29-21(26-11-13-33-15-14-32-12-9-24)30-23(31-22)28-17-20-4-2-3-10-25-20/h2-8,10H,9,11-17,24H2,1H3,(H3,26,27,28,29,30,31). The van der Waals surface area contributed by atoms with Gasteiger partial charge in [-0.25, -0.2) is 0 Å². The minimum atomic E-state index is 0.459. The van der Waals surface area contributed by atoms with Gasteiger partial charge in [0.1, 0.15) is 0 Å². The van der Waals surface area contributed by atoms with Crippen molar-refractivity contribution in [1.82, 2.24) is 19.9 Å². The van der Waals surface area contributed by atoms with Crippen molar-refractivity contribution < 1.29 is 9.47 Å².